The van der Waals surface area contributed by atoms with Gasteiger partial charge >= 0.3 is 5.69 Å². The molecule has 0 radical (unpaired) electrons. The van der Waals surface area contributed by atoms with E-state index in [9.17, 15) is 24.6 Å². The first-order valence-electron chi connectivity index (χ1n) is 12.5. The molecule has 1 aromatic heterocycles. The van der Waals surface area contributed by atoms with Crippen LogP contribution in [0.3, 0.4) is 0 Å². The predicted molar refractivity (Wildman–Crippen MR) is 192 cm³/mol. The van der Waals surface area contributed by atoms with Gasteiger partial charge in [0, 0.05) is 53.4 Å². The molecule has 5 rings (SSSR count). The number of rotatable bonds is 4. The molecule has 0 spiro atoms. The van der Waals surface area contributed by atoms with Gasteiger partial charge in [0.05, 0.1) is 32.3 Å². The molecule has 0 aliphatic rings. The monoisotopic (exact) mass is 778 g/mol. The predicted octanol–water partition coefficient (Wildman–Crippen LogP) is 9.03. The van der Waals surface area contributed by atoms with Crippen LogP contribution in [0.1, 0.15) is 0 Å². The molecule has 5 aromatic rings. The summed E-state index contributed by atoms with van der Waals surface area (Å²) in [6.45, 7) is 0. The quantitative estimate of drug-likeness (QED) is 0.0786. The van der Waals surface area contributed by atoms with Crippen molar-refractivity contribution in [2.75, 3.05) is 36.2 Å². The van der Waals surface area contributed by atoms with E-state index in [1.54, 1.807) is 37.4 Å². The fraction of sp³-hybridized carbons (Fsp3) is 0.107. The Morgan fingerprint density at radius 3 is 1.70 bits per heavy atom. The first-order chi connectivity index (χ1) is 21.2. The topological polar surface area (TPSA) is 180 Å². The van der Waals surface area contributed by atoms with Crippen LogP contribution in [-0.4, -0.2) is 33.5 Å². The molecule has 0 aliphatic carbocycles. The molecule has 0 fully saturated rings. The highest BCUT2D eigenvalue weighted by Gasteiger charge is 2.13. The van der Waals surface area contributed by atoms with E-state index in [0.717, 1.165) is 28.9 Å². The van der Waals surface area contributed by atoms with Gasteiger partial charge in [-0.15, -0.1) is 17.0 Å². The molecule has 0 saturated carbocycles. The number of aromatic nitrogens is 2. The Hall–Kier alpha value is -4.08. The summed E-state index contributed by atoms with van der Waals surface area (Å²) in [5, 5.41) is 28.0. The Bertz CT molecular complexity index is 1810. The molecular weight excluding hydrogens is 753 g/mol. The maximum atomic E-state index is 12.5. The minimum atomic E-state index is -0.876. The second-order valence-electron chi connectivity index (χ2n) is 8.67. The lowest BCUT2D eigenvalue weighted by Gasteiger charge is -2.03. The molecule has 12 nitrogen and oxygen atoms in total. The summed E-state index contributed by atoms with van der Waals surface area (Å²) >= 11 is 22.4. The lowest BCUT2D eigenvalue weighted by atomic mass is 10.3. The molecule has 0 aliphatic heterocycles. The van der Waals surface area contributed by atoms with E-state index in [2.05, 4.69) is 15.6 Å². The van der Waals surface area contributed by atoms with Crippen LogP contribution in [-0.2, 0) is 7.05 Å². The number of halogens is 6. The number of aryl methyl sites for hydroxylation is 1. The number of hydrogen-bond acceptors (Lipinski definition) is 9. The van der Waals surface area contributed by atoms with Crippen LogP contribution in [0.25, 0.3) is 11.0 Å². The molecule has 0 atom stereocenters. The summed E-state index contributed by atoms with van der Waals surface area (Å²) in [7, 11) is 5.31. The number of nitro benzene ring substituents is 2. The van der Waals surface area contributed by atoms with E-state index in [1.165, 1.54) is 12.1 Å². The van der Waals surface area contributed by atoms with Gasteiger partial charge in [-0.1, -0.05) is 46.4 Å². The van der Waals surface area contributed by atoms with Gasteiger partial charge in [-0.2, -0.15) is 4.39 Å². The lowest BCUT2D eigenvalue weighted by Crippen LogP contribution is -1.95. The molecule has 0 unspecified atom stereocenters. The molecule has 0 bridgehead atoms. The normalized spacial score (nSPS) is 9.65. The van der Waals surface area contributed by atoms with Crippen LogP contribution >= 0.6 is 63.4 Å². The number of nitro groups is 2. The first-order valence-corrected chi connectivity index (χ1v) is 14.0. The van der Waals surface area contributed by atoms with Crippen molar-refractivity contribution in [2.24, 2.45) is 7.05 Å². The second kappa shape index (κ2) is 18.8. The zero-order chi connectivity index (χ0) is 33.8. The third-order valence-electron chi connectivity index (χ3n) is 5.69. The van der Waals surface area contributed by atoms with E-state index in [1.807, 2.05) is 36.9 Å². The molecule has 246 valence electrons. The summed E-state index contributed by atoms with van der Waals surface area (Å²) in [4.78, 5) is 23.4. The van der Waals surface area contributed by atoms with Gasteiger partial charge in [-0.05, 0) is 60.7 Å². The number of fused-ring (bicyclic) bond motifs is 1. The third kappa shape index (κ3) is 11.7. The van der Waals surface area contributed by atoms with Crippen molar-refractivity contribution in [3.05, 3.63) is 119 Å². The standard InChI is InChI=1S/C8H8ClN3.C7H7ClN2O2.C7H9ClN2.C6H3ClFNO2.BrH/c1-12-7-3-2-5(9)4-6(7)11-8(12)10;1-9-6-3-2-5(8)4-7(6)10(11)12;1-10-7-3-2-5(8)4-6(7)9;7-4-1-2-5(8)6(3-4)9(10)11;/h2-4H,1H3,(H2,10,11);2-4,9H,1H3;2-4,10H,9H2,1H3;1-3H;1H. The fourth-order valence-electron chi connectivity index (χ4n) is 3.45. The largest absolute Gasteiger partial charge is 0.397 e. The number of hydrogen-bond donors (Lipinski definition) is 4. The maximum absolute atomic E-state index is 12.5. The van der Waals surface area contributed by atoms with Crippen LogP contribution in [0.15, 0.2) is 72.8 Å². The average Bonchev–Trinajstić information content (AvgIpc) is 3.27. The molecule has 18 heteroatoms. The zero-order valence-corrected chi connectivity index (χ0v) is 29.0. The van der Waals surface area contributed by atoms with E-state index in [-0.39, 0.29) is 27.7 Å². The number of nitrogens with two attached hydrogens (primary N) is 2. The highest BCUT2D eigenvalue weighted by molar-refractivity contribution is 8.93. The van der Waals surface area contributed by atoms with Crippen molar-refractivity contribution in [1.29, 1.82) is 0 Å². The van der Waals surface area contributed by atoms with Gasteiger partial charge < -0.3 is 26.7 Å². The average molecular weight is 781 g/mol. The number of nitrogens with one attached hydrogen (secondary N) is 2. The second-order valence-corrected chi connectivity index (χ2v) is 10.4. The van der Waals surface area contributed by atoms with Gasteiger partial charge in [0.15, 0.2) is 0 Å². The van der Waals surface area contributed by atoms with E-state index in [4.69, 9.17) is 57.9 Å². The number of benzene rings is 4. The van der Waals surface area contributed by atoms with Crippen molar-refractivity contribution >= 4 is 109 Å². The zero-order valence-electron chi connectivity index (χ0n) is 24.3. The SMILES string of the molecule is Br.CNc1ccc(Cl)cc1N.CNc1ccc(Cl)cc1[N+](=O)[O-].Cn1c(N)nc2cc(Cl)ccc21.O=[N+]([O-])c1cc(Cl)ccc1F. The summed E-state index contributed by atoms with van der Waals surface area (Å²) < 4.78 is 14.3. The summed E-state index contributed by atoms with van der Waals surface area (Å²) in [6.07, 6.45) is 0. The van der Waals surface area contributed by atoms with Crippen molar-refractivity contribution in [3.8, 4) is 0 Å². The first kappa shape index (κ1) is 39.9. The number of nitrogens with zero attached hydrogens (tertiary/aromatic N) is 4. The van der Waals surface area contributed by atoms with Gasteiger partial charge in [0.25, 0.3) is 5.69 Å². The van der Waals surface area contributed by atoms with Crippen LogP contribution in [0.4, 0.5) is 38.8 Å². The van der Waals surface area contributed by atoms with Crippen molar-refractivity contribution in [1.82, 2.24) is 9.55 Å². The lowest BCUT2D eigenvalue weighted by molar-refractivity contribution is -0.387. The number of anilines is 4. The van der Waals surface area contributed by atoms with Crippen LogP contribution in [0, 0.1) is 26.0 Å². The van der Waals surface area contributed by atoms with E-state index in [0.29, 0.717) is 32.4 Å². The number of imidazole rings is 1. The molecule has 1 heterocycles. The van der Waals surface area contributed by atoms with Gasteiger partial charge in [-0.3, -0.25) is 20.2 Å². The minimum Gasteiger partial charge on any atom is -0.397 e. The summed E-state index contributed by atoms with van der Waals surface area (Å²) in [6, 6.07) is 18.5. The molecule has 6 N–H and O–H groups in total. The summed E-state index contributed by atoms with van der Waals surface area (Å²) in [5.41, 5.74) is 14.5. The van der Waals surface area contributed by atoms with Gasteiger partial charge in [0.1, 0.15) is 5.69 Å². The maximum Gasteiger partial charge on any atom is 0.306 e. The van der Waals surface area contributed by atoms with Crippen molar-refractivity contribution in [3.63, 3.8) is 0 Å². The van der Waals surface area contributed by atoms with Crippen molar-refractivity contribution < 1.29 is 14.2 Å². The Balaban J connectivity index is 0.000000305. The molecule has 4 aromatic carbocycles. The summed E-state index contributed by atoms with van der Waals surface area (Å²) in [5.74, 6) is -0.369. The molecular formula is C28H28BrCl4FN8O4. The van der Waals surface area contributed by atoms with Crippen molar-refractivity contribution in [2.45, 2.75) is 0 Å². The number of nitrogen functional groups attached to an aromatic ring is 2. The minimum absolute atomic E-state index is 0. The van der Waals surface area contributed by atoms with Gasteiger partial charge in [-0.25, -0.2) is 4.98 Å². The smallest absolute Gasteiger partial charge is 0.306 e. The Kier molecular flexibility index (Phi) is 16.3. The van der Waals surface area contributed by atoms with E-state index >= 15 is 0 Å². The third-order valence-corrected chi connectivity index (χ3v) is 6.63. The van der Waals surface area contributed by atoms with Crippen LogP contribution < -0.4 is 22.1 Å². The molecule has 46 heavy (non-hydrogen) atoms. The van der Waals surface area contributed by atoms with E-state index < -0.39 is 21.4 Å². The van der Waals surface area contributed by atoms with Gasteiger partial charge in [0.2, 0.25) is 11.8 Å². The molecule has 0 amide bonds. The highest BCUT2D eigenvalue weighted by Crippen LogP contribution is 2.27. The Labute approximate surface area is 293 Å². The van der Waals surface area contributed by atoms with Crippen LogP contribution in [0.2, 0.25) is 20.1 Å². The molecule has 0 saturated heterocycles. The Morgan fingerprint density at radius 1 is 0.739 bits per heavy atom. The Morgan fingerprint density at radius 2 is 1.20 bits per heavy atom. The fourth-order valence-corrected chi connectivity index (χ4v) is 4.13. The van der Waals surface area contributed by atoms with Crippen LogP contribution in [0.5, 0.6) is 0 Å². The highest BCUT2D eigenvalue weighted by atomic mass is 79.9.